The van der Waals surface area contributed by atoms with Crippen LogP contribution >= 0.6 is 11.8 Å². The largest absolute Gasteiger partial charge is 0.431 e. The zero-order valence-corrected chi connectivity index (χ0v) is 12.0. The van der Waals surface area contributed by atoms with Crippen LogP contribution in [0.1, 0.15) is 52.4 Å². The van der Waals surface area contributed by atoms with Gasteiger partial charge in [-0.25, -0.2) is 4.79 Å². The Bertz CT molecular complexity index is 237. The summed E-state index contributed by atoms with van der Waals surface area (Å²) in [6.07, 6.45) is 7.74. The van der Waals surface area contributed by atoms with Crippen molar-refractivity contribution >= 4 is 17.7 Å². The highest BCUT2D eigenvalue weighted by Gasteiger charge is 2.47. The van der Waals surface area contributed by atoms with Crippen molar-refractivity contribution in [3.63, 3.8) is 0 Å². The maximum Gasteiger partial charge on any atom is 0.337 e. The van der Waals surface area contributed by atoms with E-state index >= 15 is 0 Å². The molecule has 2 fully saturated rings. The molecule has 0 radical (unpaired) electrons. The lowest BCUT2D eigenvalue weighted by molar-refractivity contribution is -0.191. The van der Waals surface area contributed by atoms with E-state index < -0.39 is 5.79 Å². The van der Waals surface area contributed by atoms with Crippen LogP contribution in [-0.2, 0) is 14.3 Å². The molecule has 0 amide bonds. The van der Waals surface area contributed by atoms with Gasteiger partial charge in [-0.2, -0.15) is 11.8 Å². The number of esters is 1. The molecular weight excluding hydrogens is 236 g/mol. The number of hydrogen-bond acceptors (Lipinski definition) is 4. The molecule has 2 aliphatic rings. The summed E-state index contributed by atoms with van der Waals surface area (Å²) in [6, 6.07) is 0. The van der Waals surface area contributed by atoms with E-state index in [-0.39, 0.29) is 12.1 Å². The van der Waals surface area contributed by atoms with Gasteiger partial charge in [0.05, 0.1) is 0 Å². The van der Waals surface area contributed by atoms with E-state index in [2.05, 4.69) is 0 Å². The van der Waals surface area contributed by atoms with Gasteiger partial charge in [0.15, 0.2) is 6.10 Å². The van der Waals surface area contributed by atoms with Crippen molar-refractivity contribution in [1.82, 2.24) is 0 Å². The van der Waals surface area contributed by atoms with E-state index in [1.807, 2.05) is 20.1 Å². The first-order chi connectivity index (χ1) is 8.26. The van der Waals surface area contributed by atoms with Gasteiger partial charge in [0, 0.05) is 12.8 Å². The summed E-state index contributed by atoms with van der Waals surface area (Å²) < 4.78 is 11.2. The Hall–Kier alpha value is -0.220. The van der Waals surface area contributed by atoms with Crippen LogP contribution in [0.4, 0.5) is 0 Å². The number of carbonyl (C=O) groups excluding carboxylic acids is 1. The van der Waals surface area contributed by atoms with Crippen molar-refractivity contribution in [1.29, 1.82) is 0 Å². The molecule has 0 aromatic rings. The first-order valence-electron chi connectivity index (χ1n) is 6.65. The summed E-state index contributed by atoms with van der Waals surface area (Å²) in [5.41, 5.74) is 0. The molecule has 2 rings (SSSR count). The van der Waals surface area contributed by atoms with E-state index in [1.165, 1.54) is 6.42 Å². The van der Waals surface area contributed by atoms with E-state index in [0.717, 1.165) is 37.9 Å². The van der Waals surface area contributed by atoms with Crippen molar-refractivity contribution in [2.75, 3.05) is 12.0 Å². The minimum atomic E-state index is -0.543. The molecule has 1 aliphatic carbocycles. The third-order valence-electron chi connectivity index (χ3n) is 3.11. The van der Waals surface area contributed by atoms with Crippen molar-refractivity contribution in [3.05, 3.63) is 0 Å². The number of ether oxygens (including phenoxy) is 2. The molecule has 100 valence electrons. The van der Waals surface area contributed by atoms with Gasteiger partial charge in [-0.15, -0.1) is 0 Å². The van der Waals surface area contributed by atoms with E-state index in [9.17, 15) is 4.79 Å². The molecule has 1 spiro atoms. The van der Waals surface area contributed by atoms with E-state index in [0.29, 0.717) is 0 Å². The molecular formula is C13H24O3S. The van der Waals surface area contributed by atoms with E-state index in [4.69, 9.17) is 9.47 Å². The molecule has 1 saturated carbocycles. The minimum absolute atomic E-state index is 0.147. The highest BCUT2D eigenvalue weighted by molar-refractivity contribution is 7.98. The molecule has 1 saturated heterocycles. The lowest BCUT2D eigenvalue weighted by Crippen LogP contribution is -2.33. The van der Waals surface area contributed by atoms with Crippen LogP contribution in [0, 0.1) is 0 Å². The SMILES string of the molecule is CC.CSCCC1OC2(CCCCC2)OC1=O. The summed E-state index contributed by atoms with van der Waals surface area (Å²) in [7, 11) is 0. The average Bonchev–Trinajstić information content (AvgIpc) is 2.66. The Labute approximate surface area is 109 Å². The van der Waals surface area contributed by atoms with Crippen LogP contribution in [-0.4, -0.2) is 29.9 Å². The second-order valence-corrected chi connectivity index (χ2v) is 5.27. The maximum atomic E-state index is 11.6. The van der Waals surface area contributed by atoms with Crippen LogP contribution in [0.3, 0.4) is 0 Å². The van der Waals surface area contributed by atoms with Gasteiger partial charge in [-0.1, -0.05) is 20.3 Å². The molecule has 1 atom stereocenters. The smallest absolute Gasteiger partial charge is 0.337 e. The lowest BCUT2D eigenvalue weighted by atomic mass is 9.94. The Balaban J connectivity index is 0.000000686. The maximum absolute atomic E-state index is 11.6. The summed E-state index contributed by atoms with van der Waals surface area (Å²) in [4.78, 5) is 11.6. The van der Waals surface area contributed by atoms with Crippen molar-refractivity contribution in [2.24, 2.45) is 0 Å². The monoisotopic (exact) mass is 260 g/mol. The number of hydrogen-bond donors (Lipinski definition) is 0. The van der Waals surface area contributed by atoms with Crippen molar-refractivity contribution < 1.29 is 14.3 Å². The fourth-order valence-electron chi connectivity index (χ4n) is 2.29. The molecule has 1 heterocycles. The zero-order chi connectivity index (χ0) is 12.7. The Kier molecular flexibility index (Phi) is 6.34. The van der Waals surface area contributed by atoms with Gasteiger partial charge in [-0.05, 0) is 31.3 Å². The van der Waals surface area contributed by atoms with Crippen molar-refractivity contribution in [3.8, 4) is 0 Å². The standard InChI is InChI=1S/C11H18O3S.C2H6/c1-15-8-5-9-10(12)14-11(13-9)6-3-2-4-7-11;1-2/h9H,2-8H2,1H3;1-2H3. The Morgan fingerprint density at radius 2 is 1.94 bits per heavy atom. The Morgan fingerprint density at radius 3 is 2.53 bits per heavy atom. The van der Waals surface area contributed by atoms with Gasteiger partial charge >= 0.3 is 5.97 Å². The highest BCUT2D eigenvalue weighted by Crippen LogP contribution is 2.39. The second kappa shape index (κ2) is 7.27. The number of rotatable bonds is 3. The van der Waals surface area contributed by atoms with Crippen LogP contribution in [0.2, 0.25) is 0 Å². The highest BCUT2D eigenvalue weighted by atomic mass is 32.2. The van der Waals surface area contributed by atoms with Crippen LogP contribution in [0.5, 0.6) is 0 Å². The first-order valence-corrected chi connectivity index (χ1v) is 8.05. The van der Waals surface area contributed by atoms with E-state index in [1.54, 1.807) is 11.8 Å². The molecule has 0 aromatic heterocycles. The Morgan fingerprint density at radius 1 is 1.29 bits per heavy atom. The van der Waals surface area contributed by atoms with Crippen LogP contribution in [0.25, 0.3) is 0 Å². The second-order valence-electron chi connectivity index (χ2n) is 4.28. The number of thioether (sulfide) groups is 1. The van der Waals surface area contributed by atoms with Crippen LogP contribution in [0.15, 0.2) is 0 Å². The molecule has 0 N–H and O–H groups in total. The summed E-state index contributed by atoms with van der Waals surface area (Å²) in [6.45, 7) is 4.00. The fraction of sp³-hybridized carbons (Fsp3) is 0.923. The number of carbonyl (C=O) groups is 1. The zero-order valence-electron chi connectivity index (χ0n) is 11.2. The third-order valence-corrected chi connectivity index (χ3v) is 3.75. The molecule has 0 aromatic carbocycles. The van der Waals surface area contributed by atoms with Gasteiger partial charge in [0.25, 0.3) is 0 Å². The normalized spacial score (nSPS) is 26.3. The van der Waals surface area contributed by atoms with Gasteiger partial charge < -0.3 is 9.47 Å². The topological polar surface area (TPSA) is 35.5 Å². The van der Waals surface area contributed by atoms with Gasteiger partial charge in [0.1, 0.15) is 0 Å². The van der Waals surface area contributed by atoms with Gasteiger partial charge in [-0.3, -0.25) is 0 Å². The fourth-order valence-corrected chi connectivity index (χ4v) is 2.74. The predicted octanol–water partition coefficient (Wildman–Crippen LogP) is 3.37. The van der Waals surface area contributed by atoms with Crippen LogP contribution < -0.4 is 0 Å². The summed E-state index contributed by atoms with van der Waals surface area (Å²) >= 11 is 1.74. The predicted molar refractivity (Wildman–Crippen MR) is 71.1 cm³/mol. The third kappa shape index (κ3) is 3.88. The minimum Gasteiger partial charge on any atom is -0.431 e. The molecule has 3 nitrogen and oxygen atoms in total. The summed E-state index contributed by atoms with van der Waals surface area (Å²) in [5.74, 6) is 0.264. The molecule has 4 heteroatoms. The molecule has 1 aliphatic heterocycles. The first kappa shape index (κ1) is 14.8. The molecule has 0 bridgehead atoms. The quantitative estimate of drug-likeness (QED) is 0.729. The molecule has 1 unspecified atom stereocenters. The summed E-state index contributed by atoms with van der Waals surface area (Å²) in [5, 5.41) is 0. The average molecular weight is 260 g/mol. The van der Waals surface area contributed by atoms with Gasteiger partial charge in [0.2, 0.25) is 5.79 Å². The molecule has 17 heavy (non-hydrogen) atoms. The van der Waals surface area contributed by atoms with Crippen molar-refractivity contribution in [2.45, 2.75) is 64.3 Å². The lowest BCUT2D eigenvalue weighted by Gasteiger charge is -2.30.